The molecule has 0 aromatic carbocycles. The molecule has 6 nitrogen and oxygen atoms in total. The number of hydrogen-bond acceptors (Lipinski definition) is 6. The Kier molecular flexibility index (Phi) is 11.1. The van der Waals surface area contributed by atoms with Crippen molar-refractivity contribution >= 4 is 6.21 Å². The zero-order chi connectivity index (χ0) is 12.7. The van der Waals surface area contributed by atoms with E-state index < -0.39 is 0 Å². The van der Waals surface area contributed by atoms with Crippen molar-refractivity contribution in [2.75, 3.05) is 72.4 Å². The van der Waals surface area contributed by atoms with E-state index in [0.29, 0.717) is 33.0 Å². The van der Waals surface area contributed by atoms with Gasteiger partial charge < -0.3 is 24.8 Å². The minimum absolute atomic E-state index is 0.569. The number of nitrogens with zero attached hydrogens (tertiary/aromatic N) is 1. The molecule has 1 rings (SSSR count). The van der Waals surface area contributed by atoms with E-state index in [9.17, 15) is 0 Å². The van der Waals surface area contributed by atoms with Crippen molar-refractivity contribution in [1.82, 2.24) is 10.6 Å². The van der Waals surface area contributed by atoms with Crippen molar-refractivity contribution in [1.29, 1.82) is 0 Å². The molecule has 0 unspecified atom stereocenters. The highest BCUT2D eigenvalue weighted by molar-refractivity contribution is 5.58. The van der Waals surface area contributed by atoms with Gasteiger partial charge in [-0.1, -0.05) is 0 Å². The molecule has 0 bridgehead atoms. The fraction of sp³-hybridized carbons (Fsp3) is 0.917. The third-order valence-corrected chi connectivity index (χ3v) is 2.38. The molecule has 0 aromatic heterocycles. The zero-order valence-corrected chi connectivity index (χ0v) is 11.0. The summed E-state index contributed by atoms with van der Waals surface area (Å²) in [5.41, 5.74) is 0. The summed E-state index contributed by atoms with van der Waals surface area (Å²) in [4.78, 5) is 4.20. The molecule has 106 valence electrons. The Morgan fingerprint density at radius 1 is 0.722 bits per heavy atom. The monoisotopic (exact) mass is 259 g/mol. The maximum atomic E-state index is 5.45. The van der Waals surface area contributed by atoms with Gasteiger partial charge in [0.2, 0.25) is 0 Å². The Morgan fingerprint density at radius 3 is 1.94 bits per heavy atom. The summed E-state index contributed by atoms with van der Waals surface area (Å²) in [7, 11) is 0. The quantitative estimate of drug-likeness (QED) is 0.602. The summed E-state index contributed by atoms with van der Waals surface area (Å²) in [6, 6.07) is 0. The van der Waals surface area contributed by atoms with Gasteiger partial charge in [0.1, 0.15) is 0 Å². The molecule has 0 aliphatic carbocycles. The second-order valence-electron chi connectivity index (χ2n) is 3.89. The molecule has 0 saturated heterocycles. The van der Waals surface area contributed by atoms with Gasteiger partial charge in [0.05, 0.1) is 46.2 Å². The van der Waals surface area contributed by atoms with Gasteiger partial charge in [-0.3, -0.25) is 4.99 Å². The van der Waals surface area contributed by atoms with Crippen molar-refractivity contribution in [3.8, 4) is 0 Å². The van der Waals surface area contributed by atoms with Crippen LogP contribution in [0.5, 0.6) is 0 Å². The van der Waals surface area contributed by atoms with Crippen LogP contribution in [0.3, 0.4) is 0 Å². The third kappa shape index (κ3) is 10.6. The fourth-order valence-corrected chi connectivity index (χ4v) is 1.43. The van der Waals surface area contributed by atoms with E-state index in [4.69, 9.17) is 14.2 Å². The van der Waals surface area contributed by atoms with Crippen LogP contribution in [0, 0.1) is 0 Å². The lowest BCUT2D eigenvalue weighted by molar-refractivity contribution is 0.122. The van der Waals surface area contributed by atoms with E-state index in [1.165, 1.54) is 0 Å². The largest absolute Gasteiger partial charge is 0.379 e. The van der Waals surface area contributed by atoms with Crippen molar-refractivity contribution < 1.29 is 14.2 Å². The number of rotatable bonds is 0. The second-order valence-corrected chi connectivity index (χ2v) is 3.89. The molecule has 18 heavy (non-hydrogen) atoms. The number of nitrogens with one attached hydrogen (secondary N) is 2. The fourth-order valence-electron chi connectivity index (χ4n) is 1.43. The predicted octanol–water partition coefficient (Wildman–Crippen LogP) is -0.700. The Morgan fingerprint density at radius 2 is 1.28 bits per heavy atom. The van der Waals surface area contributed by atoms with Gasteiger partial charge in [-0.15, -0.1) is 0 Å². The van der Waals surface area contributed by atoms with Crippen molar-refractivity contribution in [2.45, 2.75) is 0 Å². The summed E-state index contributed by atoms with van der Waals surface area (Å²) in [5.74, 6) is 0. The summed E-state index contributed by atoms with van der Waals surface area (Å²) in [5, 5.41) is 6.52. The molecule has 0 saturated carbocycles. The highest BCUT2D eigenvalue weighted by Gasteiger charge is 1.92. The lowest BCUT2D eigenvalue weighted by Gasteiger charge is -2.08. The molecule has 2 N–H and O–H groups in total. The normalized spacial score (nSPS) is 23.1. The Labute approximate surface area is 109 Å². The van der Waals surface area contributed by atoms with E-state index in [0.717, 1.165) is 39.4 Å². The maximum absolute atomic E-state index is 5.45. The third-order valence-electron chi connectivity index (χ3n) is 2.38. The van der Waals surface area contributed by atoms with E-state index in [2.05, 4.69) is 15.6 Å². The average Bonchev–Trinajstić information content (AvgIpc) is 2.39. The van der Waals surface area contributed by atoms with Crippen molar-refractivity contribution in [2.24, 2.45) is 4.99 Å². The Balaban J connectivity index is 2.06. The topological polar surface area (TPSA) is 64.1 Å². The highest BCUT2D eigenvalue weighted by Crippen LogP contribution is 1.79. The van der Waals surface area contributed by atoms with Crippen LogP contribution in [0.2, 0.25) is 0 Å². The van der Waals surface area contributed by atoms with Crippen LogP contribution in [-0.2, 0) is 14.2 Å². The summed E-state index contributed by atoms with van der Waals surface area (Å²) >= 11 is 0. The van der Waals surface area contributed by atoms with E-state index in [-0.39, 0.29) is 0 Å². The molecular weight excluding hydrogens is 234 g/mol. The van der Waals surface area contributed by atoms with Crippen molar-refractivity contribution in [3.63, 3.8) is 0 Å². The molecule has 1 aliphatic rings. The first-order valence-electron chi connectivity index (χ1n) is 6.63. The van der Waals surface area contributed by atoms with Crippen LogP contribution >= 0.6 is 0 Å². The molecule has 6 heteroatoms. The van der Waals surface area contributed by atoms with E-state index in [1.807, 2.05) is 0 Å². The second kappa shape index (κ2) is 12.9. The summed E-state index contributed by atoms with van der Waals surface area (Å²) in [6.07, 6.45) is 1.80. The first-order valence-corrected chi connectivity index (χ1v) is 6.63. The first-order chi connectivity index (χ1) is 9.00. The minimum atomic E-state index is 0.569. The number of aliphatic imine (C=N–C) groups is 1. The minimum Gasteiger partial charge on any atom is -0.379 e. The van der Waals surface area contributed by atoms with Crippen LogP contribution in [-0.4, -0.2) is 78.6 Å². The molecule has 0 amide bonds. The summed E-state index contributed by atoms with van der Waals surface area (Å²) in [6.45, 7) is 8.25. The first kappa shape index (κ1) is 15.5. The number of hydrogen-bond donors (Lipinski definition) is 2. The zero-order valence-electron chi connectivity index (χ0n) is 11.0. The summed E-state index contributed by atoms with van der Waals surface area (Å²) < 4.78 is 16.2. The van der Waals surface area contributed by atoms with Gasteiger partial charge in [0.15, 0.2) is 0 Å². The molecule has 1 heterocycles. The number of ether oxygens (including phenoxy) is 3. The lowest BCUT2D eigenvalue weighted by atomic mass is 10.5. The van der Waals surface area contributed by atoms with Gasteiger partial charge in [-0.05, 0) is 0 Å². The molecule has 0 atom stereocenters. The maximum Gasteiger partial charge on any atom is 0.0814 e. The SMILES string of the molecule is C1=NCCOCCNCCOCCNCCOC1. The van der Waals surface area contributed by atoms with Gasteiger partial charge in [-0.2, -0.15) is 0 Å². The van der Waals surface area contributed by atoms with Gasteiger partial charge in [0, 0.05) is 32.4 Å². The van der Waals surface area contributed by atoms with Gasteiger partial charge in [0.25, 0.3) is 0 Å². The van der Waals surface area contributed by atoms with Gasteiger partial charge >= 0.3 is 0 Å². The standard InChI is InChI=1S/C12H25N3O3/c1-7-16-9-3-14-5-11-18-12-6-15-4-10-17-8-2-13-1/h1,14-15H,2-12H2. The molecule has 1 aliphatic heterocycles. The Bertz CT molecular complexity index is 183. The molecule has 0 spiro atoms. The van der Waals surface area contributed by atoms with Crippen LogP contribution < -0.4 is 10.6 Å². The van der Waals surface area contributed by atoms with Crippen LogP contribution in [0.15, 0.2) is 4.99 Å². The van der Waals surface area contributed by atoms with Crippen LogP contribution in [0.25, 0.3) is 0 Å². The Hall–Kier alpha value is -0.530. The van der Waals surface area contributed by atoms with Crippen LogP contribution in [0.1, 0.15) is 0 Å². The van der Waals surface area contributed by atoms with Gasteiger partial charge in [-0.25, -0.2) is 0 Å². The van der Waals surface area contributed by atoms with E-state index >= 15 is 0 Å². The lowest BCUT2D eigenvalue weighted by Crippen LogP contribution is -2.27. The smallest absolute Gasteiger partial charge is 0.0814 e. The predicted molar refractivity (Wildman–Crippen MR) is 71.6 cm³/mol. The van der Waals surface area contributed by atoms with Crippen molar-refractivity contribution in [3.05, 3.63) is 0 Å². The van der Waals surface area contributed by atoms with Crippen LogP contribution in [0.4, 0.5) is 0 Å². The molecule has 0 aromatic rings. The highest BCUT2D eigenvalue weighted by atomic mass is 16.5. The molecular formula is C12H25N3O3. The van der Waals surface area contributed by atoms with E-state index in [1.54, 1.807) is 6.21 Å². The molecule has 0 radical (unpaired) electrons. The average molecular weight is 259 g/mol. The molecule has 0 fully saturated rings.